The molecule has 1 unspecified atom stereocenters. The van der Waals surface area contributed by atoms with Gasteiger partial charge in [0.15, 0.2) is 0 Å². The van der Waals surface area contributed by atoms with Crippen molar-refractivity contribution in [3.05, 3.63) is 275 Å². The second kappa shape index (κ2) is 30.0. The number of aromatic nitrogens is 11. The number of imidazole rings is 5. The number of aromatic hydroxyl groups is 2. The van der Waals surface area contributed by atoms with E-state index in [0.717, 1.165) is 98.4 Å². The summed E-state index contributed by atoms with van der Waals surface area (Å²) in [4.78, 5) is 84.2. The highest BCUT2D eigenvalue weighted by atomic mass is 19.1. The molecule has 568 valence electrons. The molecule has 0 saturated heterocycles. The molecular weight excluding hydrogens is 1450 g/mol. The van der Waals surface area contributed by atoms with Crippen LogP contribution in [0, 0.1) is 11.6 Å². The van der Waals surface area contributed by atoms with E-state index in [9.17, 15) is 48.1 Å². The smallest absolute Gasteiger partial charge is 0.253 e. The Kier molecular flexibility index (Phi) is 19.0. The van der Waals surface area contributed by atoms with Gasteiger partial charge in [-0.25, -0.2) is 33.7 Å². The third-order valence-electron chi connectivity index (χ3n) is 21.1. The lowest BCUT2D eigenvalue weighted by molar-refractivity contribution is 0.0948. The Morgan fingerprint density at radius 1 is 0.421 bits per heavy atom. The molecule has 0 saturated carbocycles. The zero-order valence-electron chi connectivity index (χ0n) is 61.8. The summed E-state index contributed by atoms with van der Waals surface area (Å²) in [7, 11) is 2.05. The van der Waals surface area contributed by atoms with Gasteiger partial charge >= 0.3 is 0 Å². The molecule has 6 aromatic heterocycles. The molecule has 0 fully saturated rings. The van der Waals surface area contributed by atoms with E-state index < -0.39 is 11.6 Å². The van der Waals surface area contributed by atoms with Crippen molar-refractivity contribution in [2.75, 3.05) is 32.7 Å². The average Bonchev–Trinajstić information content (AvgIpc) is 1.61. The van der Waals surface area contributed by atoms with Crippen molar-refractivity contribution in [2.45, 2.75) is 52.0 Å². The highest BCUT2D eigenvalue weighted by molar-refractivity contribution is 6.10. The molecule has 21 rings (SSSR count). The van der Waals surface area contributed by atoms with Crippen LogP contribution in [0.25, 0.3) is 117 Å². The molecule has 8 N–H and O–H groups in total. The monoisotopic (exact) mass is 1520 g/mol. The first kappa shape index (κ1) is 72.3. The van der Waals surface area contributed by atoms with Crippen LogP contribution < -0.4 is 26.6 Å². The number of nitrogens with zero attached hydrogens (tertiary/aromatic N) is 11. The number of aliphatic hydroxyl groups is 1. The van der Waals surface area contributed by atoms with Gasteiger partial charge in [-0.15, -0.1) is 0 Å². The van der Waals surface area contributed by atoms with E-state index in [2.05, 4.69) is 111 Å². The molecule has 10 aromatic carbocycles. The Bertz CT molecular complexity index is 6570. The number of aryl methyl sites for hydroxylation is 1. The number of amides is 5. The largest absolute Gasteiger partial charge is 0.508 e. The maximum Gasteiger partial charge on any atom is 0.253 e. The summed E-state index contributed by atoms with van der Waals surface area (Å²) < 4.78 is 39.3. The van der Waals surface area contributed by atoms with E-state index in [1.165, 1.54) is 40.7 Å². The second-order valence-electron chi connectivity index (χ2n) is 28.2. The van der Waals surface area contributed by atoms with Crippen LogP contribution >= 0.6 is 0 Å². The number of halogens is 2. The van der Waals surface area contributed by atoms with Crippen LogP contribution in [-0.4, -0.2) is 130 Å². The lowest BCUT2D eigenvalue weighted by Gasteiger charge is -2.13. The standard InChI is InChI=1S/C19H16N4O.C19H19N3O.C18H15N3O2.C16H11F2N3O.C16H13N3O3/c1-22-11-14(12-5-2-3-8-16(12)22)18-21-15-7-4-6-13-17(15)23(18)10-9-20-19(13)24;1-13(14-6-3-2-4-7-14)12-17-21-16-9-5-8-15-18(16)22(17)11-10-20-19(15)23;1-11(22)12-5-7-13(8-6-12)17-20-15-4-2-3-14-16(15)21(17)10-9-19-18(14)23;17-10-6-9(7-11(18)8-10)15-20-13-3-1-2-12-14(13)21(15)5-4-19-16(12)22;20-9-4-5-10(13(21)8-9)15-18-12-3-1-2-11-14(12)19(15)7-6-17-16(11)22/h2-8,11H,9-10H2,1H3,(H,20,24);2-9,13H,10-12H2,1H3,(H,20,23);2-8,22H,1,9-10H2,(H,19,23);1-3,6-8H,4-5H2,(H,19,22);1-5,8,20-21H,6-7H2,(H,17,22). The third-order valence-corrected chi connectivity index (χ3v) is 21.1. The normalized spacial score (nSPS) is 14.2. The van der Waals surface area contributed by atoms with Gasteiger partial charge in [-0.1, -0.05) is 117 Å². The van der Waals surface area contributed by atoms with Gasteiger partial charge in [-0.3, -0.25) is 24.0 Å². The van der Waals surface area contributed by atoms with Gasteiger partial charge in [0, 0.05) is 130 Å². The summed E-state index contributed by atoms with van der Waals surface area (Å²) in [5.41, 5.74) is 17.4. The number of rotatable bonds is 8. The fraction of sp³-hybridized carbons (Fsp3) is 0.159. The van der Waals surface area contributed by atoms with Crippen LogP contribution in [-0.2, 0) is 46.2 Å². The van der Waals surface area contributed by atoms with Crippen molar-refractivity contribution in [3.8, 4) is 57.1 Å². The van der Waals surface area contributed by atoms with E-state index in [1.54, 1.807) is 36.4 Å². The molecule has 5 aliphatic heterocycles. The summed E-state index contributed by atoms with van der Waals surface area (Å²) in [5, 5.41) is 44.7. The predicted octanol–water partition coefficient (Wildman–Crippen LogP) is 13.6. The summed E-state index contributed by atoms with van der Waals surface area (Å²) >= 11 is 0. The number of phenolic OH excluding ortho intramolecular Hbond substituents is 2. The molecule has 26 heteroatoms. The first-order valence-electron chi connectivity index (χ1n) is 37.3. The number of hydrogen-bond acceptors (Lipinski definition) is 13. The molecule has 0 bridgehead atoms. The summed E-state index contributed by atoms with van der Waals surface area (Å²) in [6.07, 6.45) is 2.99. The number of aliphatic hydroxyl groups excluding tert-OH is 1. The molecule has 16 aromatic rings. The van der Waals surface area contributed by atoms with Crippen molar-refractivity contribution in [1.29, 1.82) is 0 Å². The number of hydrogen-bond donors (Lipinski definition) is 8. The van der Waals surface area contributed by atoms with Gasteiger partial charge in [0.2, 0.25) is 0 Å². The molecular formula is C88H74F2N16O8. The lowest BCUT2D eigenvalue weighted by atomic mass is 9.97. The Labute approximate surface area is 649 Å². The number of carbonyl (C=O) groups is 5. The SMILES string of the molecule is C=C(O)c1ccc(-c2nc3cccc4c3n2CCNC4=O)cc1.CC(Cc1nc2cccc3c2n1CCNC3=O)c1ccccc1.Cn1cc(-c2nc3cccc4c3n2CCNC4=O)c2ccccc21.O=C1NCCn2c(-c3cc(F)cc(F)c3)nc3cccc1c32.O=C1NCCn2c(-c3ccc(O)cc3O)nc3cccc1c32. The quantitative estimate of drug-likeness (QED) is 0.0657. The highest BCUT2D eigenvalue weighted by Crippen LogP contribution is 2.38. The molecule has 0 aliphatic carbocycles. The Balaban J connectivity index is 0.000000103. The molecule has 24 nitrogen and oxygen atoms in total. The average molecular weight is 1520 g/mol. The van der Waals surface area contributed by atoms with E-state index in [4.69, 9.17) is 15.0 Å². The first-order chi connectivity index (χ1) is 55.4. The zero-order chi connectivity index (χ0) is 78.6. The molecule has 114 heavy (non-hydrogen) atoms. The molecule has 0 radical (unpaired) electrons. The first-order valence-corrected chi connectivity index (χ1v) is 37.3. The van der Waals surface area contributed by atoms with Gasteiger partial charge in [0.1, 0.15) is 58.0 Å². The van der Waals surface area contributed by atoms with Gasteiger partial charge in [-0.2, -0.15) is 0 Å². The summed E-state index contributed by atoms with van der Waals surface area (Å²) in [6, 6.07) is 61.7. The molecule has 1 atom stereocenters. The van der Waals surface area contributed by atoms with E-state index in [-0.39, 0.29) is 46.8 Å². The maximum atomic E-state index is 13.5. The maximum absolute atomic E-state index is 13.5. The van der Waals surface area contributed by atoms with Crippen LogP contribution in [0.1, 0.15) is 81.6 Å². The Morgan fingerprint density at radius 2 is 0.816 bits per heavy atom. The minimum absolute atomic E-state index is 0.00286. The number of carbonyl (C=O) groups excluding carboxylic acids is 5. The van der Waals surface area contributed by atoms with E-state index in [0.29, 0.717) is 125 Å². The zero-order valence-corrected chi connectivity index (χ0v) is 61.8. The number of fused-ring (bicyclic) bond motifs is 1. The number of phenols is 2. The van der Waals surface area contributed by atoms with Crippen molar-refractivity contribution in [3.63, 3.8) is 0 Å². The molecule has 5 aliphatic rings. The molecule has 11 heterocycles. The van der Waals surface area contributed by atoms with Crippen LogP contribution in [0.15, 0.2) is 219 Å². The Hall–Kier alpha value is -14.6. The highest BCUT2D eigenvalue weighted by Gasteiger charge is 2.29. The van der Waals surface area contributed by atoms with Crippen LogP contribution in [0.5, 0.6) is 11.5 Å². The van der Waals surface area contributed by atoms with Crippen molar-refractivity contribution in [2.24, 2.45) is 7.05 Å². The van der Waals surface area contributed by atoms with Gasteiger partial charge in [0.25, 0.3) is 29.5 Å². The van der Waals surface area contributed by atoms with Gasteiger partial charge in [0.05, 0.1) is 88.5 Å². The topological polar surface area (TPSA) is 300 Å². The Morgan fingerprint density at radius 3 is 1.27 bits per heavy atom. The third kappa shape index (κ3) is 13.5. The number of nitrogens with one attached hydrogen (secondary N) is 5. The number of benzene rings is 10. The van der Waals surface area contributed by atoms with E-state index >= 15 is 0 Å². The van der Waals surface area contributed by atoms with Crippen molar-refractivity contribution in [1.82, 2.24) is 78.9 Å². The van der Waals surface area contributed by atoms with Gasteiger partial charge in [-0.05, 0) is 102 Å². The molecule has 0 spiro atoms. The van der Waals surface area contributed by atoms with Crippen molar-refractivity contribution < 1.29 is 48.1 Å². The summed E-state index contributed by atoms with van der Waals surface area (Å²) in [5.74, 6) is 2.53. The fourth-order valence-corrected chi connectivity index (χ4v) is 15.8. The van der Waals surface area contributed by atoms with Crippen molar-refractivity contribution >= 4 is 101 Å². The second-order valence-corrected chi connectivity index (χ2v) is 28.2. The van der Waals surface area contributed by atoms with Crippen LogP contribution in [0.3, 0.4) is 0 Å². The fourth-order valence-electron chi connectivity index (χ4n) is 15.8. The van der Waals surface area contributed by atoms with E-state index in [1.807, 2.05) is 119 Å². The lowest BCUT2D eigenvalue weighted by Crippen LogP contribution is -2.24. The minimum atomic E-state index is -0.655. The minimum Gasteiger partial charge on any atom is -0.508 e. The van der Waals surface area contributed by atoms with Crippen LogP contribution in [0.4, 0.5) is 8.78 Å². The summed E-state index contributed by atoms with van der Waals surface area (Å²) in [6.45, 7) is 11.7. The molecule has 5 amide bonds. The van der Waals surface area contributed by atoms with Crippen LogP contribution in [0.2, 0.25) is 0 Å². The predicted molar refractivity (Wildman–Crippen MR) is 432 cm³/mol. The van der Waals surface area contributed by atoms with Gasteiger partial charge < -0.3 is 69.3 Å². The number of para-hydroxylation sites is 6.